The molecular weight excluding hydrogens is 604 g/mol. The topological polar surface area (TPSA) is 129 Å². The van der Waals surface area contributed by atoms with Gasteiger partial charge in [-0.25, -0.2) is 19.9 Å². The van der Waals surface area contributed by atoms with Crippen molar-refractivity contribution >= 4 is 33.7 Å². The summed E-state index contributed by atoms with van der Waals surface area (Å²) in [5.74, 6) is 1.20. The van der Waals surface area contributed by atoms with Crippen LogP contribution < -0.4 is 16.2 Å². The zero-order chi connectivity index (χ0) is 33.0. The Morgan fingerprint density at radius 3 is 2.56 bits per heavy atom. The third-order valence-corrected chi connectivity index (χ3v) is 8.88. The maximum Gasteiger partial charge on any atom is 0.266 e. The number of aromatic nitrogens is 6. The minimum absolute atomic E-state index is 0.0400. The molecule has 3 aromatic carbocycles. The summed E-state index contributed by atoms with van der Waals surface area (Å²) in [4.78, 5) is 45.1. The SMILES string of the molecule is CC[C@H](Nc1ncnc2c1ncn2C1CCCCO1)c1nc2cccc(CNCc3ccc(C(C)=O)cc3)c2c(=O)n1-c1ccccc1. The van der Waals surface area contributed by atoms with E-state index in [9.17, 15) is 9.59 Å². The average Bonchev–Trinajstić information content (AvgIpc) is 3.56. The minimum Gasteiger partial charge on any atom is -0.358 e. The number of imidazole rings is 1. The van der Waals surface area contributed by atoms with Gasteiger partial charge in [0.25, 0.3) is 5.56 Å². The molecule has 1 aliphatic heterocycles. The molecule has 11 nitrogen and oxygen atoms in total. The van der Waals surface area contributed by atoms with Crippen molar-refractivity contribution in [3.63, 3.8) is 0 Å². The van der Waals surface area contributed by atoms with Gasteiger partial charge in [0.05, 0.1) is 29.0 Å². The van der Waals surface area contributed by atoms with E-state index >= 15 is 0 Å². The molecule has 0 aliphatic carbocycles. The monoisotopic (exact) mass is 642 g/mol. The van der Waals surface area contributed by atoms with E-state index in [2.05, 4.69) is 32.5 Å². The smallest absolute Gasteiger partial charge is 0.266 e. The van der Waals surface area contributed by atoms with Crippen LogP contribution in [0, 0.1) is 0 Å². The van der Waals surface area contributed by atoms with Crippen LogP contribution in [0.15, 0.2) is 90.2 Å². The second kappa shape index (κ2) is 13.8. The predicted octanol–water partition coefficient (Wildman–Crippen LogP) is 6.28. The first kappa shape index (κ1) is 31.3. The molecule has 48 heavy (non-hydrogen) atoms. The molecule has 244 valence electrons. The lowest BCUT2D eigenvalue weighted by Gasteiger charge is -2.24. The molecule has 2 N–H and O–H groups in total. The van der Waals surface area contributed by atoms with Crippen LogP contribution in [-0.4, -0.2) is 41.5 Å². The summed E-state index contributed by atoms with van der Waals surface area (Å²) < 4.78 is 9.70. The van der Waals surface area contributed by atoms with Gasteiger partial charge in [-0.1, -0.05) is 61.5 Å². The highest BCUT2D eigenvalue weighted by Crippen LogP contribution is 2.30. The van der Waals surface area contributed by atoms with Crippen molar-refractivity contribution < 1.29 is 9.53 Å². The van der Waals surface area contributed by atoms with Gasteiger partial charge in [0.15, 0.2) is 22.8 Å². The molecule has 0 saturated carbocycles. The Hall–Kier alpha value is -5.26. The number of Topliss-reactive ketones (excluding diaryl/α,β-unsaturated/α-hetero) is 1. The van der Waals surface area contributed by atoms with E-state index in [0.717, 1.165) is 42.7 Å². The second-order valence-electron chi connectivity index (χ2n) is 12.1. The average molecular weight is 643 g/mol. The van der Waals surface area contributed by atoms with E-state index in [4.69, 9.17) is 9.72 Å². The summed E-state index contributed by atoms with van der Waals surface area (Å²) >= 11 is 0. The van der Waals surface area contributed by atoms with Crippen molar-refractivity contribution in [3.8, 4) is 5.69 Å². The Morgan fingerprint density at radius 2 is 1.81 bits per heavy atom. The molecule has 1 aliphatic rings. The molecule has 11 heteroatoms. The fourth-order valence-electron chi connectivity index (χ4n) is 6.35. The van der Waals surface area contributed by atoms with Crippen LogP contribution in [0.1, 0.15) is 79.1 Å². The lowest BCUT2D eigenvalue weighted by molar-refractivity contribution is -0.0298. The number of fused-ring (bicyclic) bond motifs is 2. The molecule has 1 saturated heterocycles. The number of benzene rings is 3. The molecule has 6 aromatic rings. The molecule has 1 unspecified atom stereocenters. The summed E-state index contributed by atoms with van der Waals surface area (Å²) in [5, 5.41) is 7.59. The van der Waals surface area contributed by atoms with E-state index in [-0.39, 0.29) is 23.6 Å². The van der Waals surface area contributed by atoms with Crippen LogP contribution in [0.2, 0.25) is 0 Å². The van der Waals surface area contributed by atoms with Crippen LogP contribution in [0.3, 0.4) is 0 Å². The maximum atomic E-state index is 14.5. The van der Waals surface area contributed by atoms with Gasteiger partial charge in [-0.2, -0.15) is 0 Å². The van der Waals surface area contributed by atoms with E-state index in [1.807, 2.05) is 77.4 Å². The molecule has 0 amide bonds. The lowest BCUT2D eigenvalue weighted by Crippen LogP contribution is -2.29. The number of nitrogens with one attached hydrogen (secondary N) is 2. The van der Waals surface area contributed by atoms with Crippen molar-refractivity contribution in [3.05, 3.63) is 118 Å². The van der Waals surface area contributed by atoms with Crippen molar-refractivity contribution in [2.45, 2.75) is 64.9 Å². The molecular formula is C37H38N8O3. The molecule has 0 bridgehead atoms. The van der Waals surface area contributed by atoms with Gasteiger partial charge >= 0.3 is 0 Å². The first-order valence-corrected chi connectivity index (χ1v) is 16.5. The molecule has 0 radical (unpaired) electrons. The Morgan fingerprint density at radius 1 is 0.979 bits per heavy atom. The van der Waals surface area contributed by atoms with Gasteiger partial charge < -0.3 is 15.4 Å². The van der Waals surface area contributed by atoms with Crippen molar-refractivity contribution in [1.29, 1.82) is 0 Å². The molecule has 1 fully saturated rings. The van der Waals surface area contributed by atoms with E-state index in [1.165, 1.54) is 6.33 Å². The first-order chi connectivity index (χ1) is 23.5. The van der Waals surface area contributed by atoms with Crippen LogP contribution in [0.4, 0.5) is 5.82 Å². The first-order valence-electron chi connectivity index (χ1n) is 16.5. The lowest BCUT2D eigenvalue weighted by atomic mass is 10.1. The molecule has 3 aromatic heterocycles. The number of anilines is 1. The van der Waals surface area contributed by atoms with E-state index in [0.29, 0.717) is 58.8 Å². The number of carbonyl (C=O) groups is 1. The van der Waals surface area contributed by atoms with Gasteiger partial charge in [0.1, 0.15) is 18.4 Å². The van der Waals surface area contributed by atoms with Crippen molar-refractivity contribution in [2.24, 2.45) is 0 Å². The number of ether oxygens (including phenoxy) is 1. The van der Waals surface area contributed by atoms with Crippen LogP contribution in [0.25, 0.3) is 27.8 Å². The highest BCUT2D eigenvalue weighted by atomic mass is 16.5. The third-order valence-electron chi connectivity index (χ3n) is 8.88. The predicted molar refractivity (Wildman–Crippen MR) is 185 cm³/mol. The maximum absolute atomic E-state index is 14.5. The van der Waals surface area contributed by atoms with Crippen LogP contribution >= 0.6 is 0 Å². The van der Waals surface area contributed by atoms with Crippen molar-refractivity contribution in [1.82, 2.24) is 34.4 Å². The minimum atomic E-state index is -0.365. The molecule has 2 atom stereocenters. The zero-order valence-electron chi connectivity index (χ0n) is 27.1. The number of rotatable bonds is 11. The molecule has 7 rings (SSSR count). The Labute approximate surface area is 278 Å². The van der Waals surface area contributed by atoms with Gasteiger partial charge in [0, 0.05) is 25.3 Å². The summed E-state index contributed by atoms with van der Waals surface area (Å²) in [5.41, 5.74) is 5.15. The van der Waals surface area contributed by atoms with Crippen LogP contribution in [0.5, 0.6) is 0 Å². The number of ketones is 1. The number of hydrogen-bond acceptors (Lipinski definition) is 9. The Bertz CT molecular complexity index is 2120. The fraction of sp³-hybridized carbons (Fsp3) is 0.297. The molecule has 4 heterocycles. The zero-order valence-corrected chi connectivity index (χ0v) is 27.1. The standard InChI is InChI=1S/C37H38N8O3/c1-3-29(42-34-33-36(40-22-39-34)44(23-41-33)31-14-7-8-19-48-31)35-43-30-13-9-10-27(21-38-20-25-15-17-26(18-16-25)24(2)46)32(30)37(47)45(35)28-11-5-4-6-12-28/h4-6,9-13,15-18,22-23,29,31,38H,3,7-8,14,19-21H2,1-2H3,(H,39,40,42)/t29-,31?/m0/s1. The van der Waals surface area contributed by atoms with Crippen molar-refractivity contribution in [2.75, 3.05) is 11.9 Å². The summed E-state index contributed by atoms with van der Waals surface area (Å²) in [6.07, 6.45) is 6.89. The summed E-state index contributed by atoms with van der Waals surface area (Å²) in [7, 11) is 0. The highest BCUT2D eigenvalue weighted by molar-refractivity contribution is 5.94. The number of carbonyl (C=O) groups excluding carboxylic acids is 1. The van der Waals surface area contributed by atoms with E-state index < -0.39 is 0 Å². The summed E-state index contributed by atoms with van der Waals surface area (Å²) in [6.45, 7) is 5.39. The van der Waals surface area contributed by atoms with Gasteiger partial charge in [-0.3, -0.25) is 18.7 Å². The number of nitrogens with zero attached hydrogens (tertiary/aromatic N) is 6. The quantitative estimate of drug-likeness (QED) is 0.157. The normalized spacial score (nSPS) is 15.5. The van der Waals surface area contributed by atoms with Gasteiger partial charge in [0.2, 0.25) is 0 Å². The highest BCUT2D eigenvalue weighted by Gasteiger charge is 2.25. The summed E-state index contributed by atoms with van der Waals surface area (Å²) in [6, 6.07) is 22.6. The largest absolute Gasteiger partial charge is 0.358 e. The number of hydrogen-bond donors (Lipinski definition) is 2. The van der Waals surface area contributed by atoms with Gasteiger partial charge in [-0.05, 0) is 61.9 Å². The Balaban J connectivity index is 1.24. The Kier molecular flexibility index (Phi) is 9.04. The number of para-hydroxylation sites is 1. The second-order valence-corrected chi connectivity index (χ2v) is 12.1. The van der Waals surface area contributed by atoms with Gasteiger partial charge in [-0.15, -0.1) is 0 Å². The fourth-order valence-corrected chi connectivity index (χ4v) is 6.35. The van der Waals surface area contributed by atoms with E-state index in [1.54, 1.807) is 17.8 Å². The van der Waals surface area contributed by atoms with Crippen LogP contribution in [-0.2, 0) is 17.8 Å². The third kappa shape index (κ3) is 6.22. The molecule has 0 spiro atoms.